The van der Waals surface area contributed by atoms with Gasteiger partial charge in [-0.05, 0) is 35.2 Å². The van der Waals surface area contributed by atoms with Gasteiger partial charge in [0, 0.05) is 28.0 Å². The Morgan fingerprint density at radius 2 is 1.86 bits per heavy atom. The van der Waals surface area contributed by atoms with Gasteiger partial charge in [0.05, 0.1) is 0 Å². The molecule has 0 bridgehead atoms. The van der Waals surface area contributed by atoms with Crippen LogP contribution in [0.5, 0.6) is 0 Å². The zero-order chi connectivity index (χ0) is 14.8. The van der Waals surface area contributed by atoms with E-state index < -0.39 is 0 Å². The van der Waals surface area contributed by atoms with Gasteiger partial charge in [0.1, 0.15) is 5.69 Å². The molecule has 0 aliphatic heterocycles. The summed E-state index contributed by atoms with van der Waals surface area (Å²) in [5.41, 5.74) is 1.17. The Labute approximate surface area is 132 Å². The van der Waals surface area contributed by atoms with Gasteiger partial charge in [-0.2, -0.15) is 0 Å². The van der Waals surface area contributed by atoms with E-state index in [0.29, 0.717) is 21.3 Å². The van der Waals surface area contributed by atoms with Gasteiger partial charge in [-0.25, -0.2) is 0 Å². The van der Waals surface area contributed by atoms with Crippen molar-refractivity contribution in [1.82, 2.24) is 4.98 Å². The normalized spacial score (nSPS) is 10.8. The van der Waals surface area contributed by atoms with Crippen LogP contribution in [-0.2, 0) is 6.42 Å². The quantitative estimate of drug-likeness (QED) is 0.639. The standard InChI is InChI=1S/C17H11Cl2NO/c18-13-5-6-15(19)12(9-13)10-16(21)17-14-4-2-1-3-11(14)7-8-20-17/h1-9H,10H2. The van der Waals surface area contributed by atoms with Gasteiger partial charge in [0.2, 0.25) is 0 Å². The number of fused-ring (bicyclic) bond motifs is 1. The average Bonchev–Trinajstić information content (AvgIpc) is 2.50. The SMILES string of the molecule is O=C(Cc1cc(Cl)ccc1Cl)c1nccc2ccccc12. The summed E-state index contributed by atoms with van der Waals surface area (Å²) in [6.45, 7) is 0. The second kappa shape index (κ2) is 5.84. The Balaban J connectivity index is 1.99. The molecular formula is C17H11Cl2NO. The molecule has 0 saturated carbocycles. The molecule has 0 fully saturated rings. The number of carbonyl (C=O) groups excluding carboxylic acids is 1. The van der Waals surface area contributed by atoms with Crippen LogP contribution in [0.3, 0.4) is 0 Å². The van der Waals surface area contributed by atoms with Crippen LogP contribution < -0.4 is 0 Å². The summed E-state index contributed by atoms with van der Waals surface area (Å²) in [4.78, 5) is 16.8. The van der Waals surface area contributed by atoms with Crippen LogP contribution in [-0.4, -0.2) is 10.8 Å². The van der Waals surface area contributed by atoms with Crippen LogP contribution in [0.1, 0.15) is 16.1 Å². The summed E-state index contributed by atoms with van der Waals surface area (Å²) in [7, 11) is 0. The van der Waals surface area contributed by atoms with E-state index in [0.717, 1.165) is 10.8 Å². The molecule has 0 amide bonds. The first-order chi connectivity index (χ1) is 10.1. The summed E-state index contributed by atoms with van der Waals surface area (Å²) in [5.74, 6) is -0.0732. The summed E-state index contributed by atoms with van der Waals surface area (Å²) in [5, 5.41) is 2.94. The third kappa shape index (κ3) is 2.92. The molecule has 3 aromatic rings. The minimum absolute atomic E-state index is 0.0732. The van der Waals surface area contributed by atoms with Crippen LogP contribution in [0.4, 0.5) is 0 Å². The van der Waals surface area contributed by atoms with E-state index in [1.54, 1.807) is 24.4 Å². The highest BCUT2D eigenvalue weighted by molar-refractivity contribution is 6.33. The third-order valence-corrected chi connectivity index (χ3v) is 3.90. The maximum Gasteiger partial charge on any atom is 0.186 e. The topological polar surface area (TPSA) is 30.0 Å². The van der Waals surface area contributed by atoms with Gasteiger partial charge in [0.25, 0.3) is 0 Å². The molecule has 1 heterocycles. The van der Waals surface area contributed by atoms with Crippen molar-refractivity contribution in [1.29, 1.82) is 0 Å². The number of hydrogen-bond donors (Lipinski definition) is 0. The summed E-state index contributed by atoms with van der Waals surface area (Å²) in [6, 6.07) is 14.7. The lowest BCUT2D eigenvalue weighted by atomic mass is 10.0. The molecule has 0 N–H and O–H groups in total. The lowest BCUT2D eigenvalue weighted by Crippen LogP contribution is -2.07. The fraction of sp³-hybridized carbons (Fsp3) is 0.0588. The molecule has 0 unspecified atom stereocenters. The Hall–Kier alpha value is -1.90. The van der Waals surface area contributed by atoms with E-state index in [-0.39, 0.29) is 12.2 Å². The highest BCUT2D eigenvalue weighted by atomic mass is 35.5. The molecule has 104 valence electrons. The predicted octanol–water partition coefficient (Wildman–Crippen LogP) is 4.97. The summed E-state index contributed by atoms with van der Waals surface area (Å²) < 4.78 is 0. The maximum atomic E-state index is 12.5. The number of benzene rings is 2. The van der Waals surface area contributed by atoms with Crippen molar-refractivity contribution in [2.24, 2.45) is 0 Å². The number of Topliss-reactive ketones (excluding diaryl/α,β-unsaturated/α-hetero) is 1. The van der Waals surface area contributed by atoms with E-state index in [1.165, 1.54) is 0 Å². The van der Waals surface area contributed by atoms with Crippen molar-refractivity contribution in [3.05, 3.63) is 76.0 Å². The molecule has 0 saturated heterocycles. The molecule has 2 nitrogen and oxygen atoms in total. The summed E-state index contributed by atoms with van der Waals surface area (Å²) in [6.07, 6.45) is 1.83. The Kier molecular flexibility index (Phi) is 3.91. The van der Waals surface area contributed by atoms with Crippen LogP contribution in [0.15, 0.2) is 54.7 Å². The van der Waals surface area contributed by atoms with Gasteiger partial charge in [-0.3, -0.25) is 9.78 Å². The van der Waals surface area contributed by atoms with Gasteiger partial charge in [0.15, 0.2) is 5.78 Å². The van der Waals surface area contributed by atoms with Crippen molar-refractivity contribution in [3.63, 3.8) is 0 Å². The first-order valence-electron chi connectivity index (χ1n) is 6.46. The molecule has 0 spiro atoms. The Bertz CT molecular complexity index is 825. The molecule has 2 aromatic carbocycles. The predicted molar refractivity (Wildman–Crippen MR) is 86.2 cm³/mol. The monoisotopic (exact) mass is 315 g/mol. The fourth-order valence-electron chi connectivity index (χ4n) is 2.28. The number of halogens is 2. The molecule has 0 atom stereocenters. The van der Waals surface area contributed by atoms with E-state index in [1.807, 2.05) is 30.3 Å². The van der Waals surface area contributed by atoms with Crippen LogP contribution >= 0.6 is 23.2 Å². The second-order valence-corrected chi connectivity index (χ2v) is 5.56. The summed E-state index contributed by atoms with van der Waals surface area (Å²) >= 11 is 12.1. The van der Waals surface area contributed by atoms with Crippen LogP contribution in [0.25, 0.3) is 10.8 Å². The number of aromatic nitrogens is 1. The fourth-order valence-corrected chi connectivity index (χ4v) is 2.66. The van der Waals surface area contributed by atoms with Crippen molar-refractivity contribution >= 4 is 39.8 Å². The van der Waals surface area contributed by atoms with Crippen molar-refractivity contribution < 1.29 is 4.79 Å². The van der Waals surface area contributed by atoms with Crippen molar-refractivity contribution in [2.45, 2.75) is 6.42 Å². The third-order valence-electron chi connectivity index (χ3n) is 3.30. The average molecular weight is 316 g/mol. The van der Waals surface area contributed by atoms with E-state index in [2.05, 4.69) is 4.98 Å². The van der Waals surface area contributed by atoms with Crippen LogP contribution in [0, 0.1) is 0 Å². The largest absolute Gasteiger partial charge is 0.292 e. The second-order valence-electron chi connectivity index (χ2n) is 4.72. The molecule has 21 heavy (non-hydrogen) atoms. The molecule has 0 aliphatic carbocycles. The first-order valence-corrected chi connectivity index (χ1v) is 7.21. The number of ketones is 1. The zero-order valence-corrected chi connectivity index (χ0v) is 12.5. The van der Waals surface area contributed by atoms with Gasteiger partial charge in [-0.15, -0.1) is 0 Å². The number of carbonyl (C=O) groups is 1. The van der Waals surface area contributed by atoms with Gasteiger partial charge < -0.3 is 0 Å². The molecule has 1 aromatic heterocycles. The Morgan fingerprint density at radius 1 is 1.05 bits per heavy atom. The molecule has 0 radical (unpaired) electrons. The lowest BCUT2D eigenvalue weighted by Gasteiger charge is -2.06. The maximum absolute atomic E-state index is 12.5. The molecular weight excluding hydrogens is 305 g/mol. The lowest BCUT2D eigenvalue weighted by molar-refractivity contribution is 0.0990. The minimum atomic E-state index is -0.0732. The number of rotatable bonds is 3. The zero-order valence-electron chi connectivity index (χ0n) is 11.0. The van der Waals surface area contributed by atoms with Gasteiger partial charge in [-0.1, -0.05) is 47.5 Å². The van der Waals surface area contributed by atoms with Crippen LogP contribution in [0.2, 0.25) is 10.0 Å². The highest BCUT2D eigenvalue weighted by Crippen LogP contribution is 2.23. The van der Waals surface area contributed by atoms with E-state index >= 15 is 0 Å². The number of nitrogens with zero attached hydrogens (tertiary/aromatic N) is 1. The van der Waals surface area contributed by atoms with Gasteiger partial charge >= 0.3 is 0 Å². The molecule has 0 aliphatic rings. The van der Waals surface area contributed by atoms with Crippen molar-refractivity contribution in [2.75, 3.05) is 0 Å². The number of pyridine rings is 1. The van der Waals surface area contributed by atoms with E-state index in [9.17, 15) is 4.79 Å². The smallest absolute Gasteiger partial charge is 0.186 e. The molecule has 4 heteroatoms. The minimum Gasteiger partial charge on any atom is -0.292 e. The van der Waals surface area contributed by atoms with E-state index in [4.69, 9.17) is 23.2 Å². The first kappa shape index (κ1) is 14.1. The highest BCUT2D eigenvalue weighted by Gasteiger charge is 2.14. The Morgan fingerprint density at radius 3 is 2.71 bits per heavy atom. The molecule has 3 rings (SSSR count). The van der Waals surface area contributed by atoms with Crippen molar-refractivity contribution in [3.8, 4) is 0 Å². The number of hydrogen-bond acceptors (Lipinski definition) is 2.